The zero-order valence-corrected chi connectivity index (χ0v) is 24.0. The van der Waals surface area contributed by atoms with Crippen molar-refractivity contribution in [1.82, 2.24) is 31.9 Å². The fourth-order valence-corrected chi connectivity index (χ4v) is 4.05. The number of hydrogen-bond donors (Lipinski definition) is 10. The van der Waals surface area contributed by atoms with Crippen molar-refractivity contribution < 1.29 is 53.7 Å². The molecule has 0 bridgehead atoms. The normalized spacial score (nSPS) is 18.0. The van der Waals surface area contributed by atoms with Gasteiger partial charge in [0.15, 0.2) is 0 Å². The third-order valence-electron chi connectivity index (χ3n) is 6.22. The minimum absolute atomic E-state index is 0.0517. The number of aliphatic carboxylic acids is 2. The van der Waals surface area contributed by atoms with Gasteiger partial charge in [-0.05, 0) is 31.6 Å². The van der Waals surface area contributed by atoms with Gasteiger partial charge in [-0.2, -0.15) is 0 Å². The highest BCUT2D eigenvalue weighted by atomic mass is 16.4. The Morgan fingerprint density at radius 3 is 1.88 bits per heavy atom. The Bertz CT molecular complexity index is 1050. The number of carbonyl (C=O) groups excluding carboxylic acids is 6. The number of nitrogens with one attached hydrogen (secondary N) is 6. The monoisotopic (exact) mass is 615 g/mol. The predicted octanol–water partition coefficient (Wildman–Crippen LogP) is -4.34. The summed E-state index contributed by atoms with van der Waals surface area (Å²) in [5, 5.41) is 42.1. The molecule has 0 aromatic rings. The molecule has 1 saturated heterocycles. The number of primary amides is 1. The van der Waals surface area contributed by atoms with E-state index < -0.39 is 104 Å². The van der Waals surface area contributed by atoms with Crippen LogP contribution in [0.1, 0.15) is 52.4 Å². The second kappa shape index (κ2) is 18.3. The van der Waals surface area contributed by atoms with Gasteiger partial charge in [0, 0.05) is 19.4 Å². The first-order chi connectivity index (χ1) is 20.1. The lowest BCUT2D eigenvalue weighted by Gasteiger charge is -2.23. The van der Waals surface area contributed by atoms with Crippen LogP contribution in [0, 0.1) is 5.92 Å². The van der Waals surface area contributed by atoms with E-state index in [1.807, 2.05) is 0 Å². The molecule has 11 N–H and O–H groups in total. The van der Waals surface area contributed by atoms with Crippen LogP contribution >= 0.6 is 0 Å². The summed E-state index contributed by atoms with van der Waals surface area (Å²) in [5.41, 5.74) is 5.16. The standard InChI is InChI=1S/C25H41N7O11/c1-12(2)7-17(25(42)43)31-20(36)11-28-22(39)14(4-6-21(37)38)32-24(41)15(3-5-18(26)34)30-19(35)10-29-23(40)16-8-13(33)9-27-16/h12-17,27,33H,3-11H2,1-2H3,(H2,26,34)(H,28,39)(H,29,40)(H,30,35)(H,31,36)(H,32,41)(H,37,38)(H,42,43)/t13-,14+,15+,16+,17+/m1/s1. The summed E-state index contributed by atoms with van der Waals surface area (Å²) in [6.45, 7) is 2.50. The summed E-state index contributed by atoms with van der Waals surface area (Å²) in [4.78, 5) is 96.5. The van der Waals surface area contributed by atoms with Crippen LogP contribution in [0.15, 0.2) is 0 Å². The minimum Gasteiger partial charge on any atom is -0.481 e. The van der Waals surface area contributed by atoms with E-state index in [-0.39, 0.29) is 38.1 Å². The van der Waals surface area contributed by atoms with E-state index in [9.17, 15) is 48.6 Å². The van der Waals surface area contributed by atoms with Crippen LogP contribution < -0.4 is 37.6 Å². The van der Waals surface area contributed by atoms with Gasteiger partial charge < -0.3 is 53.0 Å². The van der Waals surface area contributed by atoms with Gasteiger partial charge in [0.05, 0.1) is 25.2 Å². The molecule has 0 unspecified atom stereocenters. The van der Waals surface area contributed by atoms with Gasteiger partial charge in [0.1, 0.15) is 18.1 Å². The summed E-state index contributed by atoms with van der Waals surface area (Å²) >= 11 is 0. The Hall–Kier alpha value is -4.32. The highest BCUT2D eigenvalue weighted by molar-refractivity contribution is 5.95. The van der Waals surface area contributed by atoms with Gasteiger partial charge in [0.25, 0.3) is 0 Å². The lowest BCUT2D eigenvalue weighted by Crippen LogP contribution is -2.56. The smallest absolute Gasteiger partial charge is 0.326 e. The molecule has 0 aromatic heterocycles. The third kappa shape index (κ3) is 14.9. The SMILES string of the molecule is CC(C)C[C@H](NC(=O)CNC(=O)[C@H](CCC(=O)O)NC(=O)[C@H](CCC(N)=O)NC(=O)CNC(=O)[C@@H]1C[C@@H](O)CN1)C(=O)O. The highest BCUT2D eigenvalue weighted by Gasteiger charge is 2.30. The number of β-amino-alcohol motifs (C(OH)–C–C–N with tert-alkyl or cyclic N) is 1. The molecule has 18 heteroatoms. The number of rotatable bonds is 19. The summed E-state index contributed by atoms with van der Waals surface area (Å²) in [6, 6.07) is -4.82. The van der Waals surface area contributed by atoms with Crippen molar-refractivity contribution in [2.75, 3.05) is 19.6 Å². The Morgan fingerprint density at radius 2 is 1.37 bits per heavy atom. The molecule has 1 aliphatic heterocycles. The molecule has 0 radical (unpaired) electrons. The van der Waals surface area contributed by atoms with E-state index in [2.05, 4.69) is 31.9 Å². The van der Waals surface area contributed by atoms with Gasteiger partial charge in [-0.25, -0.2) is 4.79 Å². The zero-order valence-electron chi connectivity index (χ0n) is 24.0. The van der Waals surface area contributed by atoms with Crippen molar-refractivity contribution in [3.63, 3.8) is 0 Å². The Labute approximate surface area is 247 Å². The first-order valence-electron chi connectivity index (χ1n) is 13.7. The Balaban J connectivity index is 2.85. The molecule has 242 valence electrons. The van der Waals surface area contributed by atoms with Crippen LogP contribution in [0.25, 0.3) is 0 Å². The van der Waals surface area contributed by atoms with Crippen molar-refractivity contribution in [1.29, 1.82) is 0 Å². The molecule has 6 amide bonds. The number of aliphatic hydroxyl groups is 1. The summed E-state index contributed by atoms with van der Waals surface area (Å²) in [7, 11) is 0. The molecule has 43 heavy (non-hydrogen) atoms. The lowest BCUT2D eigenvalue weighted by molar-refractivity contribution is -0.142. The van der Waals surface area contributed by atoms with Crippen molar-refractivity contribution in [3.8, 4) is 0 Å². The van der Waals surface area contributed by atoms with Crippen LogP contribution in [-0.2, 0) is 38.4 Å². The van der Waals surface area contributed by atoms with Gasteiger partial charge in [-0.3, -0.25) is 33.6 Å². The topological polar surface area (TPSA) is 295 Å². The molecule has 1 heterocycles. The van der Waals surface area contributed by atoms with Gasteiger partial charge in [-0.15, -0.1) is 0 Å². The van der Waals surface area contributed by atoms with Crippen molar-refractivity contribution in [3.05, 3.63) is 0 Å². The van der Waals surface area contributed by atoms with Crippen LogP contribution in [0.2, 0.25) is 0 Å². The number of amides is 6. The average Bonchev–Trinajstić information content (AvgIpc) is 3.35. The predicted molar refractivity (Wildman–Crippen MR) is 147 cm³/mol. The fraction of sp³-hybridized carbons (Fsp3) is 0.680. The maximum Gasteiger partial charge on any atom is 0.326 e. The van der Waals surface area contributed by atoms with E-state index in [1.165, 1.54) is 0 Å². The van der Waals surface area contributed by atoms with E-state index in [4.69, 9.17) is 10.8 Å². The molecule has 5 atom stereocenters. The molecule has 0 aromatic carbocycles. The van der Waals surface area contributed by atoms with E-state index >= 15 is 0 Å². The number of carbonyl (C=O) groups is 8. The van der Waals surface area contributed by atoms with E-state index in [0.29, 0.717) is 0 Å². The molecule has 0 saturated carbocycles. The zero-order chi connectivity index (χ0) is 32.7. The quantitative estimate of drug-likeness (QED) is 0.0660. The maximum absolute atomic E-state index is 13.0. The highest BCUT2D eigenvalue weighted by Crippen LogP contribution is 2.07. The number of aliphatic hydroxyl groups excluding tert-OH is 1. The molecule has 0 spiro atoms. The largest absolute Gasteiger partial charge is 0.481 e. The van der Waals surface area contributed by atoms with Crippen molar-refractivity contribution in [2.24, 2.45) is 11.7 Å². The summed E-state index contributed by atoms with van der Waals surface area (Å²) in [6.07, 6.45) is -2.04. The Morgan fingerprint density at radius 1 is 0.814 bits per heavy atom. The molecule has 18 nitrogen and oxygen atoms in total. The molecule has 1 fully saturated rings. The lowest BCUT2D eigenvalue weighted by atomic mass is 10.0. The average molecular weight is 616 g/mol. The molecule has 0 aliphatic carbocycles. The third-order valence-corrected chi connectivity index (χ3v) is 6.22. The van der Waals surface area contributed by atoms with Crippen LogP contribution in [0.4, 0.5) is 0 Å². The second-order valence-electron chi connectivity index (χ2n) is 10.5. The fourth-order valence-electron chi connectivity index (χ4n) is 4.05. The van der Waals surface area contributed by atoms with Gasteiger partial charge >= 0.3 is 11.9 Å². The van der Waals surface area contributed by atoms with Crippen LogP contribution in [0.3, 0.4) is 0 Å². The number of carboxylic acids is 2. The Kier molecular flexibility index (Phi) is 15.6. The number of carboxylic acid groups (broad SMARTS) is 2. The number of nitrogens with two attached hydrogens (primary N) is 1. The molecule has 1 rings (SSSR count). The maximum atomic E-state index is 13.0. The van der Waals surface area contributed by atoms with Crippen molar-refractivity contribution in [2.45, 2.75) is 82.6 Å². The van der Waals surface area contributed by atoms with E-state index in [0.717, 1.165) is 0 Å². The molecular weight excluding hydrogens is 574 g/mol. The first kappa shape index (κ1) is 36.7. The first-order valence-corrected chi connectivity index (χ1v) is 13.7. The summed E-state index contributed by atoms with van der Waals surface area (Å²) < 4.78 is 0. The number of hydrogen-bond acceptors (Lipinski definition) is 10. The van der Waals surface area contributed by atoms with Gasteiger partial charge in [0.2, 0.25) is 35.4 Å². The van der Waals surface area contributed by atoms with Crippen LogP contribution in [0.5, 0.6) is 0 Å². The van der Waals surface area contributed by atoms with Crippen molar-refractivity contribution >= 4 is 47.4 Å². The minimum atomic E-state index is -1.49. The molecule has 1 aliphatic rings. The second-order valence-corrected chi connectivity index (χ2v) is 10.5. The molecular formula is C25H41N7O11. The van der Waals surface area contributed by atoms with E-state index in [1.54, 1.807) is 13.8 Å². The van der Waals surface area contributed by atoms with Crippen LogP contribution in [-0.4, -0.2) is 113 Å². The summed E-state index contributed by atoms with van der Waals surface area (Å²) in [5.74, 6) is -7.55. The van der Waals surface area contributed by atoms with Gasteiger partial charge in [-0.1, -0.05) is 13.8 Å².